The van der Waals surface area contributed by atoms with E-state index in [1.54, 1.807) is 48.1 Å². The zero-order valence-electron chi connectivity index (χ0n) is 14.0. The van der Waals surface area contributed by atoms with Crippen molar-refractivity contribution in [2.45, 2.75) is 11.8 Å². The molecule has 1 atom stereocenters. The van der Waals surface area contributed by atoms with Crippen molar-refractivity contribution in [3.05, 3.63) is 59.9 Å². The average Bonchev–Trinajstić information content (AvgIpc) is 2.62. The highest BCUT2D eigenvalue weighted by atomic mass is 35.5. The molecule has 136 valence electrons. The SMILES string of the molecule is COc1cccc(CS(=O)(=O)N2CCNCC2c2cccnc2)c1.Cl. The van der Waals surface area contributed by atoms with Crippen molar-refractivity contribution in [1.29, 1.82) is 0 Å². The quantitative estimate of drug-likeness (QED) is 0.854. The summed E-state index contributed by atoms with van der Waals surface area (Å²) in [6.45, 7) is 1.68. The molecule has 1 aliphatic rings. The topological polar surface area (TPSA) is 71.5 Å². The van der Waals surface area contributed by atoms with Crippen LogP contribution in [0.15, 0.2) is 48.8 Å². The Bertz CT molecular complexity index is 787. The highest BCUT2D eigenvalue weighted by Crippen LogP contribution is 2.27. The Morgan fingerprint density at radius 2 is 2.16 bits per heavy atom. The first-order chi connectivity index (χ1) is 11.6. The van der Waals surface area contributed by atoms with Gasteiger partial charge in [0.2, 0.25) is 10.0 Å². The van der Waals surface area contributed by atoms with E-state index in [1.165, 1.54) is 0 Å². The maximum Gasteiger partial charge on any atom is 0.218 e. The zero-order valence-corrected chi connectivity index (χ0v) is 15.6. The average molecular weight is 384 g/mol. The third-order valence-corrected chi connectivity index (χ3v) is 5.95. The number of nitrogens with zero attached hydrogens (tertiary/aromatic N) is 2. The zero-order chi connectivity index (χ0) is 17.0. The molecule has 0 spiro atoms. The summed E-state index contributed by atoms with van der Waals surface area (Å²) in [5, 5.41) is 3.26. The first-order valence-electron chi connectivity index (χ1n) is 7.83. The maximum atomic E-state index is 13.0. The van der Waals surface area contributed by atoms with Crippen molar-refractivity contribution in [2.75, 3.05) is 26.7 Å². The fraction of sp³-hybridized carbons (Fsp3) is 0.353. The minimum absolute atomic E-state index is 0. The summed E-state index contributed by atoms with van der Waals surface area (Å²) in [4.78, 5) is 4.12. The van der Waals surface area contributed by atoms with Crippen molar-refractivity contribution < 1.29 is 13.2 Å². The largest absolute Gasteiger partial charge is 0.497 e. The molecule has 0 amide bonds. The van der Waals surface area contributed by atoms with Gasteiger partial charge in [0.15, 0.2) is 0 Å². The van der Waals surface area contributed by atoms with Crippen LogP contribution in [0.25, 0.3) is 0 Å². The third-order valence-electron chi connectivity index (χ3n) is 4.10. The Kier molecular flexibility index (Phi) is 6.78. The highest BCUT2D eigenvalue weighted by molar-refractivity contribution is 7.88. The maximum absolute atomic E-state index is 13.0. The standard InChI is InChI=1S/C17H21N3O3S.ClH/c1-23-16-6-2-4-14(10-16)13-24(21,22)20-9-8-19-12-17(20)15-5-3-7-18-11-15;/h2-7,10-11,17,19H,8-9,12-13H2,1H3;1H. The summed E-state index contributed by atoms with van der Waals surface area (Å²) in [6, 6.07) is 10.7. The molecular weight excluding hydrogens is 362 g/mol. The van der Waals surface area contributed by atoms with Crippen molar-refractivity contribution in [1.82, 2.24) is 14.6 Å². The van der Waals surface area contributed by atoms with Crippen LogP contribution in [0.1, 0.15) is 17.2 Å². The van der Waals surface area contributed by atoms with E-state index in [0.29, 0.717) is 25.4 Å². The van der Waals surface area contributed by atoms with E-state index in [0.717, 1.165) is 11.1 Å². The molecule has 8 heteroatoms. The summed E-state index contributed by atoms with van der Waals surface area (Å²) in [6.07, 6.45) is 3.42. The minimum atomic E-state index is -3.45. The van der Waals surface area contributed by atoms with Gasteiger partial charge in [-0.1, -0.05) is 18.2 Å². The molecule has 0 radical (unpaired) electrons. The van der Waals surface area contributed by atoms with Crippen LogP contribution in [0.3, 0.4) is 0 Å². The highest BCUT2D eigenvalue weighted by Gasteiger charge is 2.33. The predicted octanol–water partition coefficient (Wildman–Crippen LogP) is 1.99. The lowest BCUT2D eigenvalue weighted by Gasteiger charge is -2.35. The Hall–Kier alpha value is -1.67. The van der Waals surface area contributed by atoms with Crippen LogP contribution in [0.5, 0.6) is 5.75 Å². The Morgan fingerprint density at radius 1 is 1.32 bits per heavy atom. The molecule has 1 unspecified atom stereocenters. The second kappa shape index (κ2) is 8.62. The summed E-state index contributed by atoms with van der Waals surface area (Å²) in [5.74, 6) is 0.618. The number of aromatic nitrogens is 1. The summed E-state index contributed by atoms with van der Waals surface area (Å²) < 4.78 is 32.7. The molecule has 0 saturated carbocycles. The number of sulfonamides is 1. The van der Waals surface area contributed by atoms with E-state index in [4.69, 9.17) is 4.74 Å². The second-order valence-electron chi connectivity index (χ2n) is 5.72. The normalized spacial score (nSPS) is 18.4. The molecule has 1 fully saturated rings. The smallest absolute Gasteiger partial charge is 0.218 e. The fourth-order valence-corrected chi connectivity index (χ4v) is 4.65. The molecule has 1 N–H and O–H groups in total. The summed E-state index contributed by atoms with van der Waals surface area (Å²) in [5.41, 5.74) is 1.62. The summed E-state index contributed by atoms with van der Waals surface area (Å²) >= 11 is 0. The van der Waals surface area contributed by atoms with Gasteiger partial charge in [-0.3, -0.25) is 4.98 Å². The number of nitrogens with one attached hydrogen (secondary N) is 1. The van der Waals surface area contributed by atoms with Gasteiger partial charge in [-0.15, -0.1) is 12.4 Å². The number of halogens is 1. The van der Waals surface area contributed by atoms with E-state index >= 15 is 0 Å². The van der Waals surface area contributed by atoms with Crippen molar-refractivity contribution >= 4 is 22.4 Å². The molecule has 2 heterocycles. The predicted molar refractivity (Wildman–Crippen MR) is 99.4 cm³/mol. The molecule has 1 aromatic heterocycles. The number of hydrogen-bond donors (Lipinski definition) is 1. The van der Waals surface area contributed by atoms with Gasteiger partial charge in [0.1, 0.15) is 5.75 Å². The van der Waals surface area contributed by atoms with Crippen LogP contribution in [-0.2, 0) is 15.8 Å². The number of benzene rings is 1. The Balaban J connectivity index is 0.00000225. The molecular formula is C17H22ClN3O3S. The van der Waals surface area contributed by atoms with Crippen molar-refractivity contribution in [3.63, 3.8) is 0 Å². The van der Waals surface area contributed by atoms with Gasteiger partial charge in [0, 0.05) is 32.0 Å². The van der Waals surface area contributed by atoms with E-state index in [2.05, 4.69) is 10.3 Å². The van der Waals surface area contributed by atoms with E-state index in [-0.39, 0.29) is 24.2 Å². The van der Waals surface area contributed by atoms with Gasteiger partial charge in [-0.2, -0.15) is 4.31 Å². The summed E-state index contributed by atoms with van der Waals surface area (Å²) in [7, 11) is -1.88. The van der Waals surface area contributed by atoms with Gasteiger partial charge >= 0.3 is 0 Å². The molecule has 0 aliphatic carbocycles. The number of ether oxygens (including phenoxy) is 1. The first-order valence-corrected chi connectivity index (χ1v) is 9.44. The second-order valence-corrected chi connectivity index (χ2v) is 7.65. The molecule has 3 rings (SSSR count). The number of rotatable bonds is 5. The molecule has 1 aliphatic heterocycles. The van der Waals surface area contributed by atoms with Gasteiger partial charge in [-0.05, 0) is 29.3 Å². The van der Waals surface area contributed by atoms with Gasteiger partial charge < -0.3 is 10.1 Å². The van der Waals surface area contributed by atoms with Crippen LogP contribution in [0.2, 0.25) is 0 Å². The number of hydrogen-bond acceptors (Lipinski definition) is 5. The van der Waals surface area contributed by atoms with Crippen molar-refractivity contribution in [2.24, 2.45) is 0 Å². The molecule has 0 bridgehead atoms. The molecule has 25 heavy (non-hydrogen) atoms. The number of methoxy groups -OCH3 is 1. The van der Waals surface area contributed by atoms with Crippen LogP contribution < -0.4 is 10.1 Å². The third kappa shape index (κ3) is 4.70. The molecule has 6 nitrogen and oxygen atoms in total. The molecule has 2 aromatic rings. The lowest BCUT2D eigenvalue weighted by atomic mass is 10.1. The lowest BCUT2D eigenvalue weighted by molar-refractivity contribution is 0.271. The van der Waals surface area contributed by atoms with E-state index in [1.807, 2.05) is 12.1 Å². The molecule has 1 aromatic carbocycles. The van der Waals surface area contributed by atoms with Crippen molar-refractivity contribution in [3.8, 4) is 5.75 Å². The minimum Gasteiger partial charge on any atom is -0.497 e. The Morgan fingerprint density at radius 3 is 2.88 bits per heavy atom. The number of pyridine rings is 1. The lowest BCUT2D eigenvalue weighted by Crippen LogP contribution is -2.48. The fourth-order valence-electron chi connectivity index (χ4n) is 2.93. The monoisotopic (exact) mass is 383 g/mol. The van der Waals surface area contributed by atoms with E-state index in [9.17, 15) is 8.42 Å². The van der Waals surface area contributed by atoms with Crippen LogP contribution >= 0.6 is 12.4 Å². The van der Waals surface area contributed by atoms with Gasteiger partial charge in [0.05, 0.1) is 18.9 Å². The molecule has 1 saturated heterocycles. The van der Waals surface area contributed by atoms with Gasteiger partial charge in [0.25, 0.3) is 0 Å². The number of piperazine rings is 1. The van der Waals surface area contributed by atoms with Crippen LogP contribution in [0, 0.1) is 0 Å². The Labute approximate surface area is 154 Å². The first kappa shape index (κ1) is 19.7. The van der Waals surface area contributed by atoms with Crippen LogP contribution in [-0.4, -0.2) is 44.5 Å². The van der Waals surface area contributed by atoms with Crippen LogP contribution in [0.4, 0.5) is 0 Å². The van der Waals surface area contributed by atoms with Gasteiger partial charge in [-0.25, -0.2) is 8.42 Å². The van der Waals surface area contributed by atoms with E-state index < -0.39 is 10.0 Å².